The van der Waals surface area contributed by atoms with Gasteiger partial charge >= 0.3 is 0 Å². The monoisotopic (exact) mass is 368 g/mol. The fraction of sp³-hybridized carbons (Fsp3) is 0.333. The highest BCUT2D eigenvalue weighted by Crippen LogP contribution is 2.57. The van der Waals surface area contributed by atoms with Gasteiger partial charge < -0.3 is 4.74 Å². The van der Waals surface area contributed by atoms with Gasteiger partial charge in [0.2, 0.25) is 0 Å². The zero-order chi connectivity index (χ0) is 9.47. The zero-order valence-corrected chi connectivity index (χ0v) is 11.3. The number of halogens is 3. The van der Waals surface area contributed by atoms with E-state index in [0.29, 0.717) is 0 Å². The fourth-order valence-electron chi connectivity index (χ4n) is 1.15. The minimum atomic E-state index is -0.283. The average molecular weight is 371 g/mol. The predicted octanol–water partition coefficient (Wildman–Crippen LogP) is 3.97. The Morgan fingerprint density at radius 1 is 1.31 bits per heavy atom. The molecule has 0 radical (unpaired) electrons. The standard InChI is InChI=1S/C9H7Br3O/c10-7(9(12)8(11)13-9)6-4-2-1-3-5-6/h1-5,7-8H. The number of rotatable bonds is 2. The van der Waals surface area contributed by atoms with Gasteiger partial charge in [-0.1, -0.05) is 62.2 Å². The fourth-order valence-corrected chi connectivity index (χ4v) is 3.43. The second-order valence-corrected chi connectivity index (χ2v) is 5.89. The van der Waals surface area contributed by atoms with Crippen molar-refractivity contribution in [1.82, 2.24) is 0 Å². The third-order valence-electron chi connectivity index (χ3n) is 1.97. The molecule has 1 aromatic carbocycles. The zero-order valence-electron chi connectivity index (χ0n) is 6.58. The molecule has 2 rings (SSSR count). The van der Waals surface area contributed by atoms with E-state index in [0.717, 1.165) is 0 Å². The van der Waals surface area contributed by atoms with Crippen LogP contribution in [0, 0.1) is 0 Å². The maximum Gasteiger partial charge on any atom is 0.176 e. The lowest BCUT2D eigenvalue weighted by atomic mass is 10.1. The van der Waals surface area contributed by atoms with Crippen LogP contribution in [-0.2, 0) is 4.74 Å². The molecule has 0 aromatic heterocycles. The number of hydrogen-bond acceptors (Lipinski definition) is 1. The highest BCUT2D eigenvalue weighted by atomic mass is 79.9. The van der Waals surface area contributed by atoms with E-state index < -0.39 is 0 Å². The van der Waals surface area contributed by atoms with E-state index in [1.165, 1.54) is 5.56 Å². The van der Waals surface area contributed by atoms with Crippen molar-refractivity contribution < 1.29 is 4.74 Å². The molecule has 0 saturated carbocycles. The van der Waals surface area contributed by atoms with Gasteiger partial charge in [-0.15, -0.1) is 0 Å². The summed E-state index contributed by atoms with van der Waals surface area (Å²) in [6.45, 7) is 0. The molecule has 0 amide bonds. The van der Waals surface area contributed by atoms with E-state index in [1.807, 2.05) is 18.2 Å². The van der Waals surface area contributed by atoms with E-state index in [4.69, 9.17) is 4.74 Å². The summed E-state index contributed by atoms with van der Waals surface area (Å²) in [4.78, 5) is 0.172. The van der Waals surface area contributed by atoms with E-state index in [2.05, 4.69) is 59.9 Å². The van der Waals surface area contributed by atoms with Gasteiger partial charge in [-0.25, -0.2) is 0 Å². The van der Waals surface area contributed by atoms with Gasteiger partial charge in [0, 0.05) is 0 Å². The number of hydrogen-bond donors (Lipinski definition) is 0. The first-order valence-electron chi connectivity index (χ1n) is 3.84. The van der Waals surface area contributed by atoms with Crippen molar-refractivity contribution in [3.63, 3.8) is 0 Å². The Morgan fingerprint density at radius 2 is 1.85 bits per heavy atom. The summed E-state index contributed by atoms with van der Waals surface area (Å²) in [5.41, 5.74) is 1.21. The van der Waals surface area contributed by atoms with E-state index in [9.17, 15) is 0 Å². The minimum absolute atomic E-state index is 0.0876. The molecule has 1 aromatic rings. The molecular weight excluding hydrogens is 364 g/mol. The van der Waals surface area contributed by atoms with Crippen LogP contribution in [0.15, 0.2) is 30.3 Å². The summed E-state index contributed by atoms with van der Waals surface area (Å²) < 4.78 is 5.12. The van der Waals surface area contributed by atoms with Crippen LogP contribution in [-0.4, -0.2) is 9.52 Å². The van der Waals surface area contributed by atoms with Crippen molar-refractivity contribution in [3.05, 3.63) is 35.9 Å². The van der Waals surface area contributed by atoms with Gasteiger partial charge in [-0.3, -0.25) is 0 Å². The third-order valence-corrected chi connectivity index (χ3v) is 6.34. The smallest absolute Gasteiger partial charge is 0.176 e. The Kier molecular flexibility index (Phi) is 2.85. The Hall–Kier alpha value is 0.620. The summed E-state index contributed by atoms with van der Waals surface area (Å²) in [5.74, 6) is 0. The van der Waals surface area contributed by atoms with Crippen LogP contribution in [0.3, 0.4) is 0 Å². The van der Waals surface area contributed by atoms with Crippen LogP contribution in [0.4, 0.5) is 0 Å². The van der Waals surface area contributed by atoms with Crippen LogP contribution < -0.4 is 0 Å². The quantitative estimate of drug-likeness (QED) is 0.567. The van der Waals surface area contributed by atoms with E-state index in [1.54, 1.807) is 0 Å². The molecule has 4 heteroatoms. The molecule has 1 aliphatic rings. The molecule has 1 saturated heterocycles. The van der Waals surface area contributed by atoms with Crippen LogP contribution in [0.1, 0.15) is 10.4 Å². The molecule has 0 bridgehead atoms. The molecular formula is C9H7Br3O. The Labute approximate surface area is 102 Å². The maximum absolute atomic E-state index is 5.41. The molecule has 1 nitrogen and oxygen atoms in total. The summed E-state index contributed by atoms with van der Waals surface area (Å²) in [6.07, 6.45) is 0. The van der Waals surface area contributed by atoms with Crippen molar-refractivity contribution in [2.24, 2.45) is 0 Å². The Bertz CT molecular complexity index is 303. The van der Waals surface area contributed by atoms with E-state index >= 15 is 0 Å². The number of benzene rings is 1. The minimum Gasteiger partial charge on any atom is -0.340 e. The van der Waals surface area contributed by atoms with Crippen LogP contribution in [0.5, 0.6) is 0 Å². The molecule has 13 heavy (non-hydrogen) atoms. The lowest BCUT2D eigenvalue weighted by Gasteiger charge is -2.12. The lowest BCUT2D eigenvalue weighted by molar-refractivity contribution is 0.383. The van der Waals surface area contributed by atoms with Crippen molar-refractivity contribution >= 4 is 47.8 Å². The summed E-state index contributed by atoms with van der Waals surface area (Å²) in [5, 5.41) is 0.0876. The molecule has 0 aliphatic carbocycles. The highest BCUT2D eigenvalue weighted by molar-refractivity contribution is 9.14. The molecule has 0 spiro atoms. The second-order valence-electron chi connectivity index (χ2n) is 2.90. The summed E-state index contributed by atoms with van der Waals surface area (Å²) >= 11 is 10.6. The highest BCUT2D eigenvalue weighted by Gasteiger charge is 2.58. The lowest BCUT2D eigenvalue weighted by Crippen LogP contribution is -2.10. The van der Waals surface area contributed by atoms with Gasteiger partial charge in [0.05, 0.1) is 4.83 Å². The van der Waals surface area contributed by atoms with E-state index in [-0.39, 0.29) is 14.4 Å². The molecule has 1 fully saturated rings. The van der Waals surface area contributed by atoms with Gasteiger partial charge in [0.25, 0.3) is 0 Å². The molecule has 1 aliphatic heterocycles. The molecule has 70 valence electrons. The number of ether oxygens (including phenoxy) is 1. The number of epoxide rings is 1. The largest absolute Gasteiger partial charge is 0.340 e. The van der Waals surface area contributed by atoms with Crippen LogP contribution >= 0.6 is 47.8 Å². The van der Waals surface area contributed by atoms with Crippen molar-refractivity contribution in [3.8, 4) is 0 Å². The SMILES string of the molecule is BrC1OC1(Br)C(Br)c1ccccc1. The molecule has 1 heterocycles. The van der Waals surface area contributed by atoms with Gasteiger partial charge in [-0.05, 0) is 21.5 Å². The van der Waals surface area contributed by atoms with Crippen LogP contribution in [0.25, 0.3) is 0 Å². The molecule has 0 N–H and O–H groups in total. The topological polar surface area (TPSA) is 12.5 Å². The Morgan fingerprint density at radius 3 is 2.31 bits per heavy atom. The first kappa shape index (κ1) is 10.1. The maximum atomic E-state index is 5.41. The summed E-state index contributed by atoms with van der Waals surface area (Å²) in [7, 11) is 0. The summed E-state index contributed by atoms with van der Waals surface area (Å²) in [6, 6.07) is 10.2. The average Bonchev–Trinajstić information content (AvgIpc) is 2.76. The predicted molar refractivity (Wildman–Crippen MR) is 63.6 cm³/mol. The first-order valence-corrected chi connectivity index (χ1v) is 6.47. The third kappa shape index (κ3) is 1.87. The Balaban J connectivity index is 2.19. The van der Waals surface area contributed by atoms with Gasteiger partial charge in [0.1, 0.15) is 0 Å². The van der Waals surface area contributed by atoms with Gasteiger partial charge in [0.15, 0.2) is 9.52 Å². The normalized spacial score (nSPS) is 34.2. The number of alkyl halides is 3. The van der Waals surface area contributed by atoms with Crippen molar-refractivity contribution in [2.75, 3.05) is 0 Å². The molecule has 3 unspecified atom stereocenters. The van der Waals surface area contributed by atoms with Gasteiger partial charge in [-0.2, -0.15) is 0 Å². The first-order chi connectivity index (χ1) is 6.14. The second kappa shape index (κ2) is 3.65. The van der Waals surface area contributed by atoms with Crippen molar-refractivity contribution in [2.45, 2.75) is 14.4 Å². The van der Waals surface area contributed by atoms with Crippen molar-refractivity contribution in [1.29, 1.82) is 0 Å². The molecule has 3 atom stereocenters. The van der Waals surface area contributed by atoms with Crippen LogP contribution in [0.2, 0.25) is 0 Å².